The maximum Gasteiger partial charge on any atom is 0.0621 e. The van der Waals surface area contributed by atoms with Crippen molar-refractivity contribution in [1.82, 2.24) is 5.32 Å². The molecule has 2 aliphatic rings. The third-order valence-electron chi connectivity index (χ3n) is 5.38. The van der Waals surface area contributed by atoms with Crippen LogP contribution < -0.4 is 5.32 Å². The number of rotatable bonds is 3. The van der Waals surface area contributed by atoms with Gasteiger partial charge in [-0.3, -0.25) is 0 Å². The van der Waals surface area contributed by atoms with Crippen molar-refractivity contribution in [3.05, 3.63) is 0 Å². The maximum atomic E-state index is 9.74. The van der Waals surface area contributed by atoms with E-state index in [1.165, 1.54) is 19.3 Å². The zero-order chi connectivity index (χ0) is 11.9. The first kappa shape index (κ1) is 12.4. The molecule has 94 valence electrons. The Morgan fingerprint density at radius 2 is 2.00 bits per heavy atom. The van der Waals surface area contributed by atoms with Crippen LogP contribution in [0.3, 0.4) is 0 Å². The molecule has 2 fully saturated rings. The van der Waals surface area contributed by atoms with Gasteiger partial charge in [0.15, 0.2) is 0 Å². The largest absolute Gasteiger partial charge is 0.392 e. The molecule has 5 unspecified atom stereocenters. The van der Waals surface area contributed by atoms with E-state index in [-0.39, 0.29) is 11.5 Å². The molecule has 0 aliphatic heterocycles. The molecule has 2 rings (SSSR count). The molecule has 0 aromatic carbocycles. The molecule has 2 N–H and O–H groups in total. The van der Waals surface area contributed by atoms with Gasteiger partial charge in [0.05, 0.1) is 6.10 Å². The van der Waals surface area contributed by atoms with E-state index in [1.807, 2.05) is 0 Å². The van der Waals surface area contributed by atoms with E-state index in [0.717, 1.165) is 18.3 Å². The summed E-state index contributed by atoms with van der Waals surface area (Å²) in [5, 5.41) is 13.5. The molecule has 2 nitrogen and oxygen atoms in total. The Labute approximate surface area is 99.8 Å². The molecule has 0 spiro atoms. The highest BCUT2D eigenvalue weighted by atomic mass is 16.3. The zero-order valence-corrected chi connectivity index (χ0v) is 11.2. The van der Waals surface area contributed by atoms with Crippen LogP contribution in [0.4, 0.5) is 0 Å². The third-order valence-corrected chi connectivity index (χ3v) is 5.38. The highest BCUT2D eigenvalue weighted by Gasteiger charge is 2.48. The van der Waals surface area contributed by atoms with Crippen LogP contribution in [-0.4, -0.2) is 23.3 Å². The molecule has 0 aromatic rings. The normalized spacial score (nSPS) is 46.7. The van der Waals surface area contributed by atoms with Crippen molar-refractivity contribution in [2.75, 3.05) is 0 Å². The van der Waals surface area contributed by atoms with E-state index >= 15 is 0 Å². The molecule has 0 radical (unpaired) electrons. The molecule has 0 amide bonds. The van der Waals surface area contributed by atoms with Gasteiger partial charge in [-0.15, -0.1) is 0 Å². The number of aliphatic hydroxyl groups excluding tert-OH is 1. The molecule has 2 saturated carbocycles. The lowest BCUT2D eigenvalue weighted by Crippen LogP contribution is -2.62. The van der Waals surface area contributed by atoms with Gasteiger partial charge in [-0.1, -0.05) is 34.1 Å². The average Bonchev–Trinajstić information content (AvgIpc) is 2.59. The summed E-state index contributed by atoms with van der Waals surface area (Å²) in [5.74, 6) is 1.71. The van der Waals surface area contributed by atoms with Crippen molar-refractivity contribution in [2.45, 2.75) is 71.6 Å². The fraction of sp³-hybridized carbons (Fsp3) is 1.00. The lowest BCUT2D eigenvalue weighted by atomic mass is 9.64. The second kappa shape index (κ2) is 4.30. The van der Waals surface area contributed by atoms with Crippen molar-refractivity contribution in [3.8, 4) is 0 Å². The number of hydrogen-bond donors (Lipinski definition) is 2. The second-order valence-electron chi connectivity index (χ2n) is 6.50. The summed E-state index contributed by atoms with van der Waals surface area (Å²) >= 11 is 0. The first-order chi connectivity index (χ1) is 7.46. The van der Waals surface area contributed by atoms with Gasteiger partial charge < -0.3 is 10.4 Å². The van der Waals surface area contributed by atoms with E-state index in [4.69, 9.17) is 0 Å². The van der Waals surface area contributed by atoms with Crippen LogP contribution in [-0.2, 0) is 0 Å². The Hall–Kier alpha value is -0.0800. The molecule has 0 bridgehead atoms. The topological polar surface area (TPSA) is 32.3 Å². The number of aliphatic hydroxyl groups is 1. The Morgan fingerprint density at radius 1 is 1.31 bits per heavy atom. The van der Waals surface area contributed by atoms with Crippen LogP contribution in [0, 0.1) is 17.3 Å². The van der Waals surface area contributed by atoms with Crippen molar-refractivity contribution in [1.29, 1.82) is 0 Å². The van der Waals surface area contributed by atoms with Gasteiger partial charge in [-0.2, -0.15) is 0 Å². The van der Waals surface area contributed by atoms with Gasteiger partial charge in [0, 0.05) is 17.5 Å². The molecule has 16 heavy (non-hydrogen) atoms. The lowest BCUT2D eigenvalue weighted by Gasteiger charge is -2.51. The second-order valence-corrected chi connectivity index (χ2v) is 6.50. The molecule has 0 saturated heterocycles. The number of hydrogen-bond acceptors (Lipinski definition) is 2. The van der Waals surface area contributed by atoms with Gasteiger partial charge in [0.1, 0.15) is 0 Å². The summed E-state index contributed by atoms with van der Waals surface area (Å²) in [5.41, 5.74) is 0.0734. The van der Waals surface area contributed by atoms with Gasteiger partial charge in [0.2, 0.25) is 0 Å². The van der Waals surface area contributed by atoms with Crippen molar-refractivity contribution in [3.63, 3.8) is 0 Å². The predicted molar refractivity (Wildman–Crippen MR) is 67.3 cm³/mol. The first-order valence-electron chi connectivity index (χ1n) is 6.91. The minimum Gasteiger partial charge on any atom is -0.392 e. The summed E-state index contributed by atoms with van der Waals surface area (Å²) in [6.07, 6.45) is 4.85. The third kappa shape index (κ3) is 1.91. The summed E-state index contributed by atoms with van der Waals surface area (Å²) in [6.45, 7) is 9.05. The molecule has 0 aromatic heterocycles. The lowest BCUT2D eigenvalue weighted by molar-refractivity contribution is -0.0772. The van der Waals surface area contributed by atoms with Crippen LogP contribution in [0.15, 0.2) is 0 Å². The van der Waals surface area contributed by atoms with Crippen molar-refractivity contribution < 1.29 is 5.11 Å². The van der Waals surface area contributed by atoms with Crippen LogP contribution in [0.5, 0.6) is 0 Å². The molecule has 2 heteroatoms. The van der Waals surface area contributed by atoms with Gasteiger partial charge in [-0.25, -0.2) is 0 Å². The first-order valence-corrected chi connectivity index (χ1v) is 6.91. The van der Waals surface area contributed by atoms with Crippen molar-refractivity contribution in [2.24, 2.45) is 17.3 Å². The molecule has 5 atom stereocenters. The van der Waals surface area contributed by atoms with E-state index in [9.17, 15) is 5.11 Å². The van der Waals surface area contributed by atoms with Crippen LogP contribution in [0.1, 0.15) is 53.4 Å². The Morgan fingerprint density at radius 3 is 2.44 bits per heavy atom. The van der Waals surface area contributed by atoms with Gasteiger partial charge in [-0.05, 0) is 31.1 Å². The van der Waals surface area contributed by atoms with E-state index < -0.39 is 0 Å². The maximum absolute atomic E-state index is 9.74. The highest BCUT2D eigenvalue weighted by Crippen LogP contribution is 2.42. The van der Waals surface area contributed by atoms with Crippen molar-refractivity contribution >= 4 is 0 Å². The Balaban J connectivity index is 1.88. The smallest absolute Gasteiger partial charge is 0.0621 e. The fourth-order valence-corrected chi connectivity index (χ4v) is 3.50. The SMILES string of the molecule is CCC1CCC(NC2CC(O)C2(C)C)C1C. The van der Waals surface area contributed by atoms with Crippen LogP contribution in [0.2, 0.25) is 0 Å². The van der Waals surface area contributed by atoms with E-state index in [1.54, 1.807) is 0 Å². The monoisotopic (exact) mass is 225 g/mol. The molecule has 0 heterocycles. The highest BCUT2D eigenvalue weighted by molar-refractivity contribution is 5.04. The van der Waals surface area contributed by atoms with Gasteiger partial charge in [0.25, 0.3) is 0 Å². The summed E-state index contributed by atoms with van der Waals surface area (Å²) in [6, 6.07) is 1.20. The van der Waals surface area contributed by atoms with E-state index in [0.29, 0.717) is 12.1 Å². The quantitative estimate of drug-likeness (QED) is 0.773. The Kier molecular flexibility index (Phi) is 3.33. The summed E-state index contributed by atoms with van der Waals surface area (Å²) in [7, 11) is 0. The Bertz CT molecular complexity index is 251. The summed E-state index contributed by atoms with van der Waals surface area (Å²) < 4.78 is 0. The van der Waals surface area contributed by atoms with Crippen LogP contribution >= 0.6 is 0 Å². The predicted octanol–water partition coefficient (Wildman–Crippen LogP) is 2.56. The van der Waals surface area contributed by atoms with Gasteiger partial charge >= 0.3 is 0 Å². The minimum atomic E-state index is -0.108. The molecule has 2 aliphatic carbocycles. The fourth-order valence-electron chi connectivity index (χ4n) is 3.50. The molecular weight excluding hydrogens is 198 g/mol. The summed E-state index contributed by atoms with van der Waals surface area (Å²) in [4.78, 5) is 0. The zero-order valence-electron chi connectivity index (χ0n) is 11.2. The molecular formula is C14H27NO. The average molecular weight is 225 g/mol. The standard InChI is InChI=1S/C14H27NO/c1-5-10-6-7-11(9(10)2)15-12-8-13(16)14(12,3)4/h9-13,15-16H,5-8H2,1-4H3. The minimum absolute atomic E-state index is 0.0734. The number of nitrogens with one attached hydrogen (secondary N) is 1. The van der Waals surface area contributed by atoms with E-state index in [2.05, 4.69) is 33.0 Å². The van der Waals surface area contributed by atoms with Crippen LogP contribution in [0.25, 0.3) is 0 Å².